The minimum Gasteiger partial charge on any atom is -0.380 e. The van der Waals surface area contributed by atoms with Crippen molar-refractivity contribution in [2.75, 3.05) is 45.6 Å². The number of piperidine rings is 1. The molecule has 12 heteroatoms. The van der Waals surface area contributed by atoms with Gasteiger partial charge in [0.1, 0.15) is 0 Å². The van der Waals surface area contributed by atoms with E-state index in [-0.39, 0.29) is 46.7 Å². The van der Waals surface area contributed by atoms with Crippen LogP contribution in [-0.4, -0.2) is 90.2 Å². The van der Waals surface area contributed by atoms with Gasteiger partial charge in [-0.1, -0.05) is 53.5 Å². The van der Waals surface area contributed by atoms with E-state index in [1.807, 2.05) is 0 Å². The average Bonchev–Trinajstić information content (AvgIpc) is 2.84. The first-order valence-electron chi connectivity index (χ1n) is 12.2. The van der Waals surface area contributed by atoms with E-state index in [9.17, 15) is 27.9 Å². The molecule has 2 aliphatic rings. The van der Waals surface area contributed by atoms with Gasteiger partial charge in [0.05, 0.1) is 21.7 Å². The molecule has 4 rings (SSSR count). The number of likely N-dealkylation sites (tertiary alicyclic amines) is 2. The second kappa shape index (κ2) is 10.9. The molecule has 206 valence electrons. The van der Waals surface area contributed by atoms with E-state index >= 15 is 0 Å². The van der Waals surface area contributed by atoms with Crippen LogP contribution in [-0.2, 0) is 10.4 Å². The van der Waals surface area contributed by atoms with Gasteiger partial charge in [-0.2, -0.15) is 13.2 Å². The fourth-order valence-corrected chi connectivity index (χ4v) is 5.62. The average molecular weight is 573 g/mol. The summed E-state index contributed by atoms with van der Waals surface area (Å²) in [6.45, 7) is 1.64. The van der Waals surface area contributed by atoms with Gasteiger partial charge in [0, 0.05) is 57.6 Å². The van der Waals surface area contributed by atoms with E-state index in [1.165, 1.54) is 23.1 Å². The number of halogens is 5. The number of aliphatic hydroxyl groups is 1. The lowest BCUT2D eigenvalue weighted by atomic mass is 9.89. The maximum Gasteiger partial charge on any atom is 0.430 e. The van der Waals surface area contributed by atoms with Crippen LogP contribution < -0.4 is 5.32 Å². The highest BCUT2D eigenvalue weighted by molar-refractivity contribution is 6.40. The summed E-state index contributed by atoms with van der Waals surface area (Å²) in [6.07, 6.45) is -4.15. The lowest BCUT2D eigenvalue weighted by molar-refractivity contribution is -0.262. The molecule has 38 heavy (non-hydrogen) atoms. The standard InChI is InChI=1S/C26H29Cl2F3N4O3/c1-33(2)23(36)22-20(27)12-17(13-21(22)28)32-18-14-35(15-18)19-8-10-34(11-9-19)24(37)25(38,26(29,30)31)16-6-4-3-5-7-16/h3-7,12-13,18-19,32,38H,8-11,14-15H2,1-2H3/t25-/m0/s1. The maximum atomic E-state index is 13.9. The fourth-order valence-electron chi connectivity index (χ4n) is 4.97. The highest BCUT2D eigenvalue weighted by Gasteiger charge is 2.62. The first-order valence-corrected chi connectivity index (χ1v) is 12.9. The van der Waals surface area contributed by atoms with Crippen LogP contribution >= 0.6 is 23.2 Å². The van der Waals surface area contributed by atoms with Gasteiger partial charge in [0.15, 0.2) is 0 Å². The molecular weight excluding hydrogens is 544 g/mol. The van der Waals surface area contributed by atoms with Crippen molar-refractivity contribution in [3.63, 3.8) is 0 Å². The summed E-state index contributed by atoms with van der Waals surface area (Å²) in [5.74, 6) is -1.63. The van der Waals surface area contributed by atoms with Crippen molar-refractivity contribution >= 4 is 40.7 Å². The van der Waals surface area contributed by atoms with Gasteiger partial charge in [0.2, 0.25) is 0 Å². The number of rotatable bonds is 6. The zero-order chi connectivity index (χ0) is 27.8. The number of nitrogens with zero attached hydrogens (tertiary/aromatic N) is 3. The molecule has 1 atom stereocenters. The minimum absolute atomic E-state index is 0.102. The zero-order valence-electron chi connectivity index (χ0n) is 20.9. The molecule has 2 amide bonds. The third kappa shape index (κ3) is 5.45. The topological polar surface area (TPSA) is 76.1 Å². The first-order chi connectivity index (χ1) is 17.8. The molecule has 2 heterocycles. The predicted octanol–water partition coefficient (Wildman–Crippen LogP) is 4.23. The summed E-state index contributed by atoms with van der Waals surface area (Å²) in [5.41, 5.74) is -3.14. The molecule has 0 saturated carbocycles. The molecule has 2 N–H and O–H groups in total. The van der Waals surface area contributed by atoms with Crippen molar-refractivity contribution in [1.82, 2.24) is 14.7 Å². The molecule has 2 fully saturated rings. The quantitative estimate of drug-likeness (QED) is 0.541. The van der Waals surface area contributed by atoms with Gasteiger partial charge in [-0.25, -0.2) is 0 Å². The largest absolute Gasteiger partial charge is 0.430 e. The molecule has 2 aliphatic heterocycles. The molecule has 0 aliphatic carbocycles. The summed E-state index contributed by atoms with van der Waals surface area (Å²) < 4.78 is 41.7. The molecule has 2 saturated heterocycles. The Hall–Kier alpha value is -2.53. The number of hydrogen-bond donors (Lipinski definition) is 2. The highest BCUT2D eigenvalue weighted by Crippen LogP contribution is 2.41. The molecule has 0 spiro atoms. The summed E-state index contributed by atoms with van der Waals surface area (Å²) in [7, 11) is 3.23. The molecule has 2 aromatic carbocycles. The number of benzene rings is 2. The van der Waals surface area contributed by atoms with E-state index in [0.717, 1.165) is 17.0 Å². The molecule has 0 radical (unpaired) electrons. The van der Waals surface area contributed by atoms with E-state index in [1.54, 1.807) is 26.2 Å². The zero-order valence-corrected chi connectivity index (χ0v) is 22.4. The second-order valence-electron chi connectivity index (χ2n) is 9.91. The second-order valence-corrected chi connectivity index (χ2v) is 10.7. The van der Waals surface area contributed by atoms with Crippen molar-refractivity contribution in [3.05, 3.63) is 63.6 Å². The molecule has 7 nitrogen and oxygen atoms in total. The van der Waals surface area contributed by atoms with Gasteiger partial charge in [-0.3, -0.25) is 14.5 Å². The predicted molar refractivity (Wildman–Crippen MR) is 139 cm³/mol. The Kier molecular flexibility index (Phi) is 8.18. The number of carbonyl (C=O) groups is 2. The summed E-state index contributed by atoms with van der Waals surface area (Å²) >= 11 is 12.6. The molecule has 0 bridgehead atoms. The SMILES string of the molecule is CN(C)C(=O)c1c(Cl)cc(NC2CN(C3CCN(C(=O)[C@@](O)(c4ccccc4)C(F)(F)F)CC3)C2)cc1Cl. The maximum absolute atomic E-state index is 13.9. The van der Waals surface area contributed by atoms with Crippen LogP contribution in [0.5, 0.6) is 0 Å². The van der Waals surface area contributed by atoms with Crippen molar-refractivity contribution in [2.45, 2.75) is 36.7 Å². The Morgan fingerprint density at radius 3 is 2.08 bits per heavy atom. The van der Waals surface area contributed by atoms with Crippen LogP contribution in [0.15, 0.2) is 42.5 Å². The van der Waals surface area contributed by atoms with Gasteiger partial charge in [-0.15, -0.1) is 0 Å². The number of carbonyl (C=O) groups excluding carboxylic acids is 2. The van der Waals surface area contributed by atoms with Crippen molar-refractivity contribution in [1.29, 1.82) is 0 Å². The number of amides is 2. The Morgan fingerprint density at radius 2 is 1.58 bits per heavy atom. The van der Waals surface area contributed by atoms with Crippen molar-refractivity contribution < 1.29 is 27.9 Å². The number of alkyl halides is 3. The molecular formula is C26H29Cl2F3N4O3. The highest BCUT2D eigenvalue weighted by atomic mass is 35.5. The van der Waals surface area contributed by atoms with Gasteiger partial charge in [-0.05, 0) is 25.0 Å². The lowest BCUT2D eigenvalue weighted by Gasteiger charge is -2.48. The summed E-state index contributed by atoms with van der Waals surface area (Å²) in [4.78, 5) is 29.9. The van der Waals surface area contributed by atoms with Crippen LogP contribution in [0.4, 0.5) is 18.9 Å². The summed E-state index contributed by atoms with van der Waals surface area (Å²) in [6, 6.07) is 10.00. The van der Waals surface area contributed by atoms with Crippen LogP contribution in [0.3, 0.4) is 0 Å². The Balaban J connectivity index is 1.32. The Labute approximate surface area is 229 Å². The van der Waals surface area contributed by atoms with Crippen LogP contribution in [0.1, 0.15) is 28.8 Å². The van der Waals surface area contributed by atoms with Gasteiger partial charge < -0.3 is 20.2 Å². The third-order valence-corrected chi connectivity index (χ3v) is 7.72. The molecule has 0 aromatic heterocycles. The minimum atomic E-state index is -5.15. The van der Waals surface area contributed by atoms with Gasteiger partial charge in [0.25, 0.3) is 17.4 Å². The Morgan fingerprint density at radius 1 is 1.03 bits per heavy atom. The number of nitrogens with one attached hydrogen (secondary N) is 1. The third-order valence-electron chi connectivity index (χ3n) is 7.12. The van der Waals surface area contributed by atoms with Crippen LogP contribution in [0.25, 0.3) is 0 Å². The first kappa shape index (κ1) is 28.5. The molecule has 0 unspecified atom stereocenters. The van der Waals surface area contributed by atoms with E-state index in [2.05, 4.69) is 10.2 Å². The number of anilines is 1. The summed E-state index contributed by atoms with van der Waals surface area (Å²) in [5, 5.41) is 14.4. The fraction of sp³-hybridized carbons (Fsp3) is 0.462. The van der Waals surface area contributed by atoms with Crippen LogP contribution in [0.2, 0.25) is 10.0 Å². The normalized spacial score (nSPS) is 19.0. The van der Waals surface area contributed by atoms with E-state index in [4.69, 9.17) is 23.2 Å². The van der Waals surface area contributed by atoms with Crippen molar-refractivity contribution in [3.8, 4) is 0 Å². The van der Waals surface area contributed by atoms with Crippen LogP contribution in [0, 0.1) is 0 Å². The lowest BCUT2D eigenvalue weighted by Crippen LogP contribution is -2.62. The molecule has 2 aromatic rings. The van der Waals surface area contributed by atoms with E-state index in [0.29, 0.717) is 31.6 Å². The smallest absolute Gasteiger partial charge is 0.380 e. The number of hydrogen-bond acceptors (Lipinski definition) is 5. The van der Waals surface area contributed by atoms with Gasteiger partial charge >= 0.3 is 6.18 Å². The monoisotopic (exact) mass is 572 g/mol. The van der Waals surface area contributed by atoms with E-state index < -0.39 is 23.2 Å². The Bertz CT molecular complexity index is 1160. The van der Waals surface area contributed by atoms with Crippen molar-refractivity contribution in [2.24, 2.45) is 0 Å².